The molecule has 0 radical (unpaired) electrons. The molecule has 7 heteroatoms. The van der Waals surface area contributed by atoms with Crippen LogP contribution in [0.1, 0.15) is 31.4 Å². The maximum atomic E-state index is 11.0. The van der Waals surface area contributed by atoms with Crippen LogP contribution in [-0.2, 0) is 4.79 Å². The number of carboxylic acid groups (broad SMARTS) is 1. The van der Waals surface area contributed by atoms with Gasteiger partial charge in [0.05, 0.1) is 4.92 Å². The van der Waals surface area contributed by atoms with E-state index in [0.29, 0.717) is 11.5 Å². The number of nitro groups is 1. The Morgan fingerprint density at radius 2 is 2.15 bits per heavy atom. The molecule has 1 aliphatic rings. The first kappa shape index (κ1) is 14.2. The van der Waals surface area contributed by atoms with E-state index < -0.39 is 10.9 Å². The number of pyridine rings is 1. The van der Waals surface area contributed by atoms with Gasteiger partial charge in [-0.2, -0.15) is 0 Å². The van der Waals surface area contributed by atoms with Crippen LogP contribution in [0.3, 0.4) is 0 Å². The molecule has 108 valence electrons. The van der Waals surface area contributed by atoms with Crippen LogP contribution in [-0.4, -0.2) is 33.6 Å². The van der Waals surface area contributed by atoms with E-state index in [1.807, 2.05) is 0 Å². The van der Waals surface area contributed by atoms with Crippen LogP contribution < -0.4 is 4.90 Å². The van der Waals surface area contributed by atoms with Crippen LogP contribution in [0.5, 0.6) is 0 Å². The molecule has 0 aliphatic heterocycles. The van der Waals surface area contributed by atoms with E-state index in [1.54, 1.807) is 11.8 Å². The van der Waals surface area contributed by atoms with Gasteiger partial charge in [-0.25, -0.2) is 4.98 Å². The SMILES string of the molecule is Cc1nc(N(CC(=O)O)C2CCCC2)ccc1[N+](=O)[O-]. The van der Waals surface area contributed by atoms with E-state index >= 15 is 0 Å². The number of anilines is 1. The maximum absolute atomic E-state index is 11.0. The lowest BCUT2D eigenvalue weighted by atomic mass is 10.2. The number of nitrogens with zero attached hydrogens (tertiary/aromatic N) is 3. The van der Waals surface area contributed by atoms with Crippen LogP contribution in [0.4, 0.5) is 11.5 Å². The number of carbonyl (C=O) groups is 1. The quantitative estimate of drug-likeness (QED) is 0.655. The summed E-state index contributed by atoms with van der Waals surface area (Å²) in [6, 6.07) is 3.08. The van der Waals surface area contributed by atoms with Crippen LogP contribution in [0.15, 0.2) is 12.1 Å². The van der Waals surface area contributed by atoms with Gasteiger partial charge < -0.3 is 10.0 Å². The van der Waals surface area contributed by atoms with Gasteiger partial charge in [-0.15, -0.1) is 0 Å². The number of aromatic nitrogens is 1. The van der Waals surface area contributed by atoms with E-state index in [1.165, 1.54) is 12.1 Å². The molecule has 0 aromatic carbocycles. The molecule has 0 atom stereocenters. The third kappa shape index (κ3) is 3.04. The van der Waals surface area contributed by atoms with Crippen LogP contribution in [0.25, 0.3) is 0 Å². The summed E-state index contributed by atoms with van der Waals surface area (Å²) in [5.41, 5.74) is 0.260. The summed E-state index contributed by atoms with van der Waals surface area (Å²) in [4.78, 5) is 27.3. The molecule has 1 heterocycles. The lowest BCUT2D eigenvalue weighted by Crippen LogP contribution is -2.38. The van der Waals surface area contributed by atoms with E-state index in [0.717, 1.165) is 25.7 Å². The number of aliphatic carboxylic acids is 1. The molecule has 1 aliphatic carbocycles. The van der Waals surface area contributed by atoms with E-state index in [2.05, 4.69) is 4.98 Å². The summed E-state index contributed by atoms with van der Waals surface area (Å²) in [6.07, 6.45) is 4.02. The highest BCUT2D eigenvalue weighted by molar-refractivity contribution is 5.73. The van der Waals surface area contributed by atoms with Gasteiger partial charge in [0.2, 0.25) is 0 Å². The normalized spacial score (nSPS) is 15.2. The van der Waals surface area contributed by atoms with E-state index in [9.17, 15) is 14.9 Å². The summed E-state index contributed by atoms with van der Waals surface area (Å²) in [5.74, 6) is -0.419. The van der Waals surface area contributed by atoms with Gasteiger partial charge in [-0.3, -0.25) is 14.9 Å². The van der Waals surface area contributed by atoms with Crippen LogP contribution in [0, 0.1) is 17.0 Å². The van der Waals surface area contributed by atoms with Gasteiger partial charge in [-0.1, -0.05) is 12.8 Å². The van der Waals surface area contributed by atoms with E-state index in [4.69, 9.17) is 5.11 Å². The third-order valence-corrected chi connectivity index (χ3v) is 3.61. The molecule has 0 bridgehead atoms. The Bertz CT molecular complexity index is 526. The Morgan fingerprint density at radius 1 is 1.50 bits per heavy atom. The Morgan fingerprint density at radius 3 is 2.65 bits per heavy atom. The second kappa shape index (κ2) is 5.85. The first-order chi connectivity index (χ1) is 9.49. The number of hydrogen-bond donors (Lipinski definition) is 1. The zero-order valence-electron chi connectivity index (χ0n) is 11.3. The summed E-state index contributed by atoms with van der Waals surface area (Å²) in [7, 11) is 0. The largest absolute Gasteiger partial charge is 0.480 e. The molecule has 0 spiro atoms. The lowest BCUT2D eigenvalue weighted by Gasteiger charge is -2.28. The molecule has 2 rings (SSSR count). The molecule has 20 heavy (non-hydrogen) atoms. The maximum Gasteiger partial charge on any atom is 0.323 e. The van der Waals surface area contributed by atoms with Crippen molar-refractivity contribution in [3.05, 3.63) is 27.9 Å². The van der Waals surface area contributed by atoms with Crippen molar-refractivity contribution in [1.82, 2.24) is 4.98 Å². The highest BCUT2D eigenvalue weighted by Crippen LogP contribution is 2.28. The highest BCUT2D eigenvalue weighted by atomic mass is 16.6. The molecule has 0 amide bonds. The minimum Gasteiger partial charge on any atom is -0.480 e. The fraction of sp³-hybridized carbons (Fsp3) is 0.538. The minimum atomic E-state index is -0.922. The molecular formula is C13H17N3O4. The highest BCUT2D eigenvalue weighted by Gasteiger charge is 2.26. The topological polar surface area (TPSA) is 96.6 Å². The van der Waals surface area contributed by atoms with Crippen molar-refractivity contribution in [1.29, 1.82) is 0 Å². The van der Waals surface area contributed by atoms with E-state index in [-0.39, 0.29) is 18.3 Å². The fourth-order valence-electron chi connectivity index (χ4n) is 2.65. The second-order valence-electron chi connectivity index (χ2n) is 4.99. The van der Waals surface area contributed by atoms with Gasteiger partial charge in [0, 0.05) is 12.1 Å². The standard InChI is InChI=1S/C13H17N3O4/c1-9-11(16(19)20)6-7-12(14-9)15(8-13(17)18)10-4-2-3-5-10/h6-7,10H,2-5,8H2,1H3,(H,17,18). The van der Waals surface area contributed by atoms with Crippen molar-refractivity contribution in [3.8, 4) is 0 Å². The minimum absolute atomic E-state index is 0.0459. The number of aryl methyl sites for hydroxylation is 1. The molecule has 1 aromatic heterocycles. The molecule has 7 nitrogen and oxygen atoms in total. The molecule has 1 N–H and O–H groups in total. The van der Waals surface area contributed by atoms with Crippen molar-refractivity contribution < 1.29 is 14.8 Å². The predicted octanol–water partition coefficient (Wildman–Crippen LogP) is 2.13. The lowest BCUT2D eigenvalue weighted by molar-refractivity contribution is -0.385. The first-order valence-electron chi connectivity index (χ1n) is 6.59. The zero-order chi connectivity index (χ0) is 14.7. The Labute approximate surface area is 116 Å². The van der Waals surface area contributed by atoms with Gasteiger partial charge in [-0.05, 0) is 25.8 Å². The van der Waals surface area contributed by atoms with Crippen molar-refractivity contribution >= 4 is 17.5 Å². The van der Waals surface area contributed by atoms with Crippen LogP contribution in [0.2, 0.25) is 0 Å². The molecule has 1 saturated carbocycles. The molecule has 0 unspecified atom stereocenters. The Hall–Kier alpha value is -2.18. The van der Waals surface area contributed by atoms with Gasteiger partial charge in [0.25, 0.3) is 5.69 Å². The summed E-state index contributed by atoms with van der Waals surface area (Å²) in [5, 5.41) is 19.8. The summed E-state index contributed by atoms with van der Waals surface area (Å²) < 4.78 is 0. The van der Waals surface area contributed by atoms with Crippen molar-refractivity contribution in [2.24, 2.45) is 0 Å². The van der Waals surface area contributed by atoms with Gasteiger partial charge >= 0.3 is 5.97 Å². The van der Waals surface area contributed by atoms with Crippen molar-refractivity contribution in [3.63, 3.8) is 0 Å². The third-order valence-electron chi connectivity index (χ3n) is 3.61. The fourth-order valence-corrected chi connectivity index (χ4v) is 2.65. The molecular weight excluding hydrogens is 262 g/mol. The van der Waals surface area contributed by atoms with Gasteiger partial charge in [0.15, 0.2) is 0 Å². The summed E-state index contributed by atoms with van der Waals surface area (Å²) in [6.45, 7) is 1.43. The monoisotopic (exact) mass is 279 g/mol. The Balaban J connectivity index is 2.30. The van der Waals surface area contributed by atoms with Crippen molar-refractivity contribution in [2.75, 3.05) is 11.4 Å². The Kier molecular flexibility index (Phi) is 4.16. The average molecular weight is 279 g/mol. The second-order valence-corrected chi connectivity index (χ2v) is 4.99. The van der Waals surface area contributed by atoms with Crippen molar-refractivity contribution in [2.45, 2.75) is 38.6 Å². The number of hydrogen-bond acceptors (Lipinski definition) is 5. The van der Waals surface area contributed by atoms with Gasteiger partial charge in [0.1, 0.15) is 18.1 Å². The molecule has 1 fully saturated rings. The zero-order valence-corrected chi connectivity index (χ0v) is 11.3. The number of carboxylic acids is 1. The first-order valence-corrected chi connectivity index (χ1v) is 6.59. The predicted molar refractivity (Wildman–Crippen MR) is 72.9 cm³/mol. The number of rotatable bonds is 5. The smallest absolute Gasteiger partial charge is 0.323 e. The molecule has 1 aromatic rings. The summed E-state index contributed by atoms with van der Waals surface area (Å²) >= 11 is 0. The average Bonchev–Trinajstić information content (AvgIpc) is 2.88. The molecule has 0 saturated heterocycles. The van der Waals surface area contributed by atoms with Crippen LogP contribution >= 0.6 is 0 Å².